The van der Waals surface area contributed by atoms with Crippen LogP contribution >= 0.6 is 8.53 Å². The van der Waals surface area contributed by atoms with Gasteiger partial charge < -0.3 is 29.4 Å². The highest BCUT2D eigenvalue weighted by atomic mass is 31.2. The lowest BCUT2D eigenvalue weighted by Crippen LogP contribution is -2.30. The van der Waals surface area contributed by atoms with Gasteiger partial charge in [-0.15, -0.1) is 0 Å². The zero-order valence-corrected chi connectivity index (χ0v) is 20.1. The molecule has 0 saturated carbocycles. The molecule has 0 aliphatic carbocycles. The Labute approximate surface area is 202 Å². The summed E-state index contributed by atoms with van der Waals surface area (Å²) in [6.45, 7) is 1.63. The molecule has 2 aromatic rings. The van der Waals surface area contributed by atoms with Gasteiger partial charge in [-0.3, -0.25) is 9.36 Å². The van der Waals surface area contributed by atoms with Crippen molar-refractivity contribution in [2.24, 2.45) is 0 Å². The molecule has 0 bridgehead atoms. The number of aliphatic hydroxyl groups excluding tert-OH is 1. The molecule has 35 heavy (non-hydrogen) atoms. The number of hydrogen-bond donors (Lipinski definition) is 3. The van der Waals surface area contributed by atoms with E-state index in [1.807, 2.05) is 18.2 Å². The first-order chi connectivity index (χ1) is 16.7. The minimum atomic E-state index is -1.75. The van der Waals surface area contributed by atoms with Crippen molar-refractivity contribution < 1.29 is 37.2 Å². The van der Waals surface area contributed by atoms with Gasteiger partial charge in [-0.25, -0.2) is 18.7 Å². The van der Waals surface area contributed by atoms with Crippen molar-refractivity contribution in [2.45, 2.75) is 44.8 Å². The molecule has 1 aromatic heterocycles. The molecule has 1 saturated heterocycles. The fraction of sp³-hybridized carbons (Fsp3) is 0.476. The van der Waals surface area contributed by atoms with Gasteiger partial charge in [-0.2, -0.15) is 4.98 Å². The van der Waals surface area contributed by atoms with Crippen LogP contribution in [0.4, 0.5) is 14.6 Å². The van der Waals surface area contributed by atoms with E-state index in [1.54, 1.807) is 26.0 Å². The fourth-order valence-corrected chi connectivity index (χ4v) is 4.00. The number of nitrogen functional groups attached to an aromatic ring is 1. The average molecular weight is 518 g/mol. The van der Waals surface area contributed by atoms with Crippen molar-refractivity contribution in [3.05, 3.63) is 53.1 Å². The number of carbonyl (C=O) groups excluding carboxylic acids is 1. The Balaban J connectivity index is 0.00000137. The number of alkyl halides is 2. The number of halogens is 2. The summed E-state index contributed by atoms with van der Waals surface area (Å²) < 4.78 is 43.1. The monoisotopic (exact) mass is 518 g/mol. The standard InChI is InChI=1S/C20H27N4O7P.CH2F2/c1-13(2)29-19(26)11-22-32(31-14-6-4-3-5-7-14)28-12-16-15(25)10-18(30-16)24-9-8-17(21)23-20(24)27;2-1-3/h3-9,13,15-16,18,22,25H,10-12H2,1-2H3,(H2,21,23,27);1H2. The number of para-hydroxylation sites is 1. The lowest BCUT2D eigenvalue weighted by atomic mass is 10.2. The molecule has 1 fully saturated rings. The predicted molar refractivity (Wildman–Crippen MR) is 124 cm³/mol. The second-order valence-corrected chi connectivity index (χ2v) is 8.68. The fourth-order valence-electron chi connectivity index (χ4n) is 2.94. The molecule has 2 heterocycles. The minimum Gasteiger partial charge on any atom is -0.462 e. The first-order valence-corrected chi connectivity index (χ1v) is 11.8. The number of hydrogen-bond acceptors (Lipinski definition) is 10. The molecular formula is C21H29F2N4O7P. The molecule has 4 N–H and O–H groups in total. The van der Waals surface area contributed by atoms with E-state index in [2.05, 4.69) is 10.1 Å². The van der Waals surface area contributed by atoms with Crippen LogP contribution in [-0.4, -0.2) is 59.0 Å². The Morgan fingerprint density at radius 3 is 2.66 bits per heavy atom. The Morgan fingerprint density at radius 1 is 1.34 bits per heavy atom. The minimum absolute atomic E-state index is 0.0282. The first-order valence-electron chi connectivity index (χ1n) is 10.6. The highest BCUT2D eigenvalue weighted by Crippen LogP contribution is 2.37. The summed E-state index contributed by atoms with van der Waals surface area (Å²) in [4.78, 5) is 27.6. The molecule has 194 valence electrons. The van der Waals surface area contributed by atoms with E-state index in [0.717, 1.165) is 0 Å². The SMILES string of the molecule is CC(C)OC(=O)CNP(OCC1OC(n2ccc(N)nc2=O)CC1O)Oc1ccccc1.FCF. The quantitative estimate of drug-likeness (QED) is 0.316. The Bertz CT molecular complexity index is 970. The number of esters is 1. The van der Waals surface area contributed by atoms with Gasteiger partial charge in [-0.1, -0.05) is 18.2 Å². The maximum Gasteiger partial charge on any atom is 0.351 e. The van der Waals surface area contributed by atoms with Gasteiger partial charge >= 0.3 is 20.2 Å². The van der Waals surface area contributed by atoms with Crippen LogP contribution in [0.15, 0.2) is 47.4 Å². The maximum atomic E-state index is 12.0. The first kappa shape index (κ1) is 28.5. The molecule has 14 heteroatoms. The highest BCUT2D eigenvalue weighted by molar-refractivity contribution is 7.45. The Hall–Kier alpha value is -2.70. The van der Waals surface area contributed by atoms with E-state index >= 15 is 0 Å². The second-order valence-electron chi connectivity index (χ2n) is 7.41. The third kappa shape index (κ3) is 9.82. The topological polar surface area (TPSA) is 147 Å². The van der Waals surface area contributed by atoms with Crippen LogP contribution in [0.2, 0.25) is 0 Å². The number of ether oxygens (including phenoxy) is 2. The molecule has 0 radical (unpaired) electrons. The summed E-state index contributed by atoms with van der Waals surface area (Å²) in [5, 5.41) is 13.3. The van der Waals surface area contributed by atoms with Crippen LogP contribution < -0.4 is 21.0 Å². The summed E-state index contributed by atoms with van der Waals surface area (Å²) in [6, 6.07) is 10.5. The summed E-state index contributed by atoms with van der Waals surface area (Å²) in [5.41, 5.74) is 4.95. The zero-order chi connectivity index (χ0) is 25.8. The summed E-state index contributed by atoms with van der Waals surface area (Å²) in [5.74, 6) is 0.212. The second kappa shape index (κ2) is 14.6. The molecule has 4 unspecified atom stereocenters. The number of aromatic nitrogens is 2. The highest BCUT2D eigenvalue weighted by Gasteiger charge is 2.36. The van der Waals surface area contributed by atoms with E-state index in [-0.39, 0.29) is 31.5 Å². The molecule has 4 atom stereocenters. The van der Waals surface area contributed by atoms with E-state index in [0.29, 0.717) is 5.75 Å². The van der Waals surface area contributed by atoms with E-state index < -0.39 is 45.5 Å². The van der Waals surface area contributed by atoms with Crippen molar-refractivity contribution >= 4 is 20.3 Å². The number of aliphatic hydroxyl groups is 1. The average Bonchev–Trinajstić information content (AvgIpc) is 3.16. The molecule has 1 aromatic carbocycles. The van der Waals surface area contributed by atoms with Crippen molar-refractivity contribution in [1.82, 2.24) is 14.6 Å². The third-order valence-corrected chi connectivity index (χ3v) is 5.55. The van der Waals surface area contributed by atoms with Gasteiger partial charge in [0.1, 0.15) is 30.4 Å². The van der Waals surface area contributed by atoms with Gasteiger partial charge in [0.15, 0.2) is 0 Å². The normalized spacial score (nSPS) is 20.1. The smallest absolute Gasteiger partial charge is 0.351 e. The molecule has 1 aliphatic heterocycles. The van der Waals surface area contributed by atoms with Gasteiger partial charge in [0.25, 0.3) is 0 Å². The summed E-state index contributed by atoms with van der Waals surface area (Å²) >= 11 is 0. The third-order valence-electron chi connectivity index (χ3n) is 4.37. The Kier molecular flexibility index (Phi) is 11.9. The van der Waals surface area contributed by atoms with Crippen molar-refractivity contribution in [3.8, 4) is 5.75 Å². The van der Waals surface area contributed by atoms with E-state index in [9.17, 15) is 23.5 Å². The number of rotatable bonds is 10. The van der Waals surface area contributed by atoms with Crippen LogP contribution in [0.3, 0.4) is 0 Å². The number of nitrogens with zero attached hydrogens (tertiary/aromatic N) is 2. The van der Waals surface area contributed by atoms with Crippen molar-refractivity contribution in [1.29, 1.82) is 0 Å². The van der Waals surface area contributed by atoms with Crippen molar-refractivity contribution in [3.63, 3.8) is 0 Å². The van der Waals surface area contributed by atoms with E-state index in [4.69, 9.17) is 24.3 Å². The maximum absolute atomic E-state index is 12.0. The number of nitrogens with two attached hydrogens (primary N) is 1. The van der Waals surface area contributed by atoms with Crippen LogP contribution in [-0.2, 0) is 18.8 Å². The van der Waals surface area contributed by atoms with Gasteiger partial charge in [0, 0.05) is 12.6 Å². The number of nitrogens with one attached hydrogen (secondary N) is 1. The molecular weight excluding hydrogens is 489 g/mol. The van der Waals surface area contributed by atoms with Crippen LogP contribution in [0.5, 0.6) is 5.75 Å². The lowest BCUT2D eigenvalue weighted by Gasteiger charge is -2.21. The number of benzene rings is 1. The zero-order valence-electron chi connectivity index (χ0n) is 19.3. The Morgan fingerprint density at radius 2 is 2.03 bits per heavy atom. The van der Waals surface area contributed by atoms with Gasteiger partial charge in [0.2, 0.25) is 6.93 Å². The van der Waals surface area contributed by atoms with Crippen molar-refractivity contribution in [2.75, 3.05) is 25.8 Å². The summed E-state index contributed by atoms with van der Waals surface area (Å²) in [6.07, 6.45) is -0.864. The number of carbonyl (C=O) groups is 1. The van der Waals surface area contributed by atoms with Gasteiger partial charge in [-0.05, 0) is 32.0 Å². The predicted octanol–water partition coefficient (Wildman–Crippen LogP) is 2.22. The molecule has 3 rings (SSSR count). The molecule has 1 aliphatic rings. The van der Waals surface area contributed by atoms with Crippen LogP contribution in [0.25, 0.3) is 0 Å². The molecule has 0 spiro atoms. The summed E-state index contributed by atoms with van der Waals surface area (Å²) in [7, 11) is -1.75. The van der Waals surface area contributed by atoms with Crippen LogP contribution in [0.1, 0.15) is 26.5 Å². The van der Waals surface area contributed by atoms with E-state index in [1.165, 1.54) is 16.8 Å². The van der Waals surface area contributed by atoms with Crippen LogP contribution in [0, 0.1) is 0 Å². The molecule has 0 amide bonds. The lowest BCUT2D eigenvalue weighted by molar-refractivity contribution is -0.145. The molecule has 11 nitrogen and oxygen atoms in total. The number of anilines is 1. The van der Waals surface area contributed by atoms with Gasteiger partial charge in [0.05, 0.1) is 18.8 Å². The largest absolute Gasteiger partial charge is 0.462 e.